The number of nitrogens with zero attached hydrogens (tertiary/aromatic N) is 3. The second-order valence-corrected chi connectivity index (χ2v) is 9.00. The van der Waals surface area contributed by atoms with Crippen molar-refractivity contribution in [2.24, 2.45) is 0 Å². The molecule has 0 unspecified atom stereocenters. The van der Waals surface area contributed by atoms with Gasteiger partial charge < -0.3 is 4.90 Å². The summed E-state index contributed by atoms with van der Waals surface area (Å²) in [5.41, 5.74) is 1.74. The average Bonchev–Trinajstić information content (AvgIpc) is 3.18. The van der Waals surface area contributed by atoms with Gasteiger partial charge in [0.05, 0.1) is 10.2 Å². The largest absolute Gasteiger partial charge is 0.302 e. The highest BCUT2D eigenvalue weighted by molar-refractivity contribution is 7.98. The fraction of sp³-hybridized carbons (Fsp3) is 0.304. The molecule has 2 aromatic carbocycles. The third-order valence-corrected chi connectivity index (χ3v) is 7.04. The number of hydrogen-bond donors (Lipinski definition) is 0. The van der Waals surface area contributed by atoms with Gasteiger partial charge >= 0.3 is 0 Å². The number of likely N-dealkylation sites (N-methyl/N-ethyl adjacent to an activating group) is 1. The lowest BCUT2D eigenvalue weighted by molar-refractivity contribution is -0.114. The number of halogens is 1. The summed E-state index contributed by atoms with van der Waals surface area (Å²) in [7, 11) is 0. The van der Waals surface area contributed by atoms with Crippen molar-refractivity contribution in [1.82, 2.24) is 9.88 Å². The first-order chi connectivity index (χ1) is 14.5. The van der Waals surface area contributed by atoms with E-state index < -0.39 is 0 Å². The van der Waals surface area contributed by atoms with Gasteiger partial charge in [-0.2, -0.15) is 0 Å². The molecule has 1 aromatic heterocycles. The summed E-state index contributed by atoms with van der Waals surface area (Å²) in [6, 6.07) is 13.7. The maximum Gasteiger partial charge on any atom is 0.252 e. The number of thiazole rings is 1. The van der Waals surface area contributed by atoms with Crippen LogP contribution in [0.3, 0.4) is 0 Å². The van der Waals surface area contributed by atoms with Crippen LogP contribution in [0.1, 0.15) is 19.4 Å². The molecule has 7 heteroatoms. The highest BCUT2D eigenvalue weighted by Crippen LogP contribution is 2.32. The van der Waals surface area contributed by atoms with Gasteiger partial charge in [0.25, 0.3) is 5.91 Å². The average molecular weight is 460 g/mol. The first-order valence-corrected chi connectivity index (χ1v) is 12.4. The van der Waals surface area contributed by atoms with Crippen molar-refractivity contribution in [1.29, 1.82) is 0 Å². The number of benzene rings is 2. The molecule has 0 fully saturated rings. The van der Waals surface area contributed by atoms with Crippen molar-refractivity contribution >= 4 is 62.0 Å². The number of hydrogen-bond acceptors (Lipinski definition) is 5. The van der Waals surface area contributed by atoms with Gasteiger partial charge in [0.1, 0.15) is 0 Å². The quantitative estimate of drug-likeness (QED) is 0.288. The van der Waals surface area contributed by atoms with Crippen molar-refractivity contribution in [2.45, 2.75) is 18.7 Å². The summed E-state index contributed by atoms with van der Waals surface area (Å²) in [6.45, 7) is 7.55. The SMILES string of the molecule is CCN(CC)CCN(C(=O)C=Cc1ccccc1Cl)c1nc2ccc(SC)cc2s1. The summed E-state index contributed by atoms with van der Waals surface area (Å²) >= 11 is 9.49. The smallest absolute Gasteiger partial charge is 0.252 e. The van der Waals surface area contributed by atoms with Crippen molar-refractivity contribution in [3.05, 3.63) is 59.1 Å². The van der Waals surface area contributed by atoms with E-state index in [9.17, 15) is 4.79 Å². The van der Waals surface area contributed by atoms with E-state index in [2.05, 4.69) is 37.1 Å². The Balaban J connectivity index is 1.89. The van der Waals surface area contributed by atoms with Crippen LogP contribution >= 0.6 is 34.7 Å². The predicted molar refractivity (Wildman–Crippen MR) is 132 cm³/mol. The molecule has 0 N–H and O–H groups in total. The van der Waals surface area contributed by atoms with E-state index in [0.717, 1.165) is 40.5 Å². The second kappa shape index (κ2) is 11.0. The van der Waals surface area contributed by atoms with E-state index in [-0.39, 0.29) is 5.91 Å². The zero-order valence-corrected chi connectivity index (χ0v) is 19.9. The minimum atomic E-state index is -0.0915. The summed E-state index contributed by atoms with van der Waals surface area (Å²) < 4.78 is 1.09. The molecule has 0 saturated heterocycles. The Hall–Kier alpha value is -1.86. The third kappa shape index (κ3) is 5.64. The summed E-state index contributed by atoms with van der Waals surface area (Å²) in [6.07, 6.45) is 5.42. The van der Waals surface area contributed by atoms with E-state index >= 15 is 0 Å². The zero-order valence-electron chi connectivity index (χ0n) is 17.5. The Kier molecular flexibility index (Phi) is 8.33. The van der Waals surface area contributed by atoms with Gasteiger partial charge in [-0.1, -0.05) is 55.0 Å². The standard InChI is InChI=1S/C23H26ClN3OS2/c1-4-26(5-2)14-15-27(22(28)13-10-17-8-6-7-9-19(17)24)23-25-20-12-11-18(29-3)16-21(20)30-23/h6-13,16H,4-5,14-15H2,1-3H3. The molecule has 4 nitrogen and oxygen atoms in total. The van der Waals surface area contributed by atoms with Crippen LogP contribution in [-0.2, 0) is 4.79 Å². The molecule has 0 aliphatic heterocycles. The second-order valence-electron chi connectivity index (χ2n) is 6.70. The van der Waals surface area contributed by atoms with Crippen molar-refractivity contribution < 1.29 is 4.79 Å². The highest BCUT2D eigenvalue weighted by Gasteiger charge is 2.19. The van der Waals surface area contributed by atoms with Gasteiger partial charge in [0.2, 0.25) is 0 Å². The van der Waals surface area contributed by atoms with Crippen LogP contribution in [0.5, 0.6) is 0 Å². The van der Waals surface area contributed by atoms with Crippen molar-refractivity contribution in [2.75, 3.05) is 37.3 Å². The van der Waals surface area contributed by atoms with E-state index in [1.807, 2.05) is 30.3 Å². The molecular formula is C23H26ClN3OS2. The van der Waals surface area contributed by atoms with Gasteiger partial charge in [-0.05, 0) is 55.3 Å². The van der Waals surface area contributed by atoms with Gasteiger partial charge in [0, 0.05) is 29.1 Å². The van der Waals surface area contributed by atoms with Gasteiger partial charge in [0.15, 0.2) is 5.13 Å². The number of aromatic nitrogens is 1. The fourth-order valence-electron chi connectivity index (χ4n) is 3.08. The van der Waals surface area contributed by atoms with Crippen LogP contribution in [0.4, 0.5) is 5.13 Å². The molecule has 0 bridgehead atoms. The highest BCUT2D eigenvalue weighted by atomic mass is 35.5. The topological polar surface area (TPSA) is 36.4 Å². The summed E-state index contributed by atoms with van der Waals surface area (Å²) in [5, 5.41) is 1.35. The first-order valence-electron chi connectivity index (χ1n) is 9.96. The Morgan fingerprint density at radius 3 is 2.63 bits per heavy atom. The molecular weight excluding hydrogens is 434 g/mol. The summed E-state index contributed by atoms with van der Waals surface area (Å²) in [4.78, 5) is 23.2. The molecule has 0 atom stereocenters. The Bertz CT molecular complexity index is 1030. The van der Waals surface area contributed by atoms with Crippen LogP contribution in [0.2, 0.25) is 5.02 Å². The Morgan fingerprint density at radius 1 is 1.17 bits per heavy atom. The van der Waals surface area contributed by atoms with E-state index in [1.165, 1.54) is 4.90 Å². The molecule has 3 aromatic rings. The molecule has 0 aliphatic rings. The number of rotatable bonds is 9. The number of amides is 1. The maximum atomic E-state index is 13.2. The number of carbonyl (C=O) groups excluding carboxylic acids is 1. The van der Waals surface area contributed by atoms with Crippen LogP contribution in [-0.4, -0.2) is 48.2 Å². The van der Waals surface area contributed by atoms with Crippen molar-refractivity contribution in [3.8, 4) is 0 Å². The number of fused-ring (bicyclic) bond motifs is 1. The Morgan fingerprint density at radius 2 is 1.93 bits per heavy atom. The number of carbonyl (C=O) groups is 1. The molecule has 0 spiro atoms. The lowest BCUT2D eigenvalue weighted by atomic mass is 10.2. The maximum absolute atomic E-state index is 13.2. The lowest BCUT2D eigenvalue weighted by Crippen LogP contribution is -2.38. The molecule has 0 saturated carbocycles. The minimum Gasteiger partial charge on any atom is -0.302 e. The predicted octanol–water partition coefficient (Wildman–Crippen LogP) is 6.06. The lowest BCUT2D eigenvalue weighted by Gasteiger charge is -2.23. The molecule has 1 heterocycles. The summed E-state index contributed by atoms with van der Waals surface area (Å²) in [5.74, 6) is -0.0915. The minimum absolute atomic E-state index is 0.0915. The van der Waals surface area contributed by atoms with E-state index in [1.54, 1.807) is 40.2 Å². The van der Waals surface area contributed by atoms with Crippen LogP contribution in [0.25, 0.3) is 16.3 Å². The molecule has 0 aliphatic carbocycles. The fourth-order valence-corrected chi connectivity index (χ4v) is 4.83. The van der Waals surface area contributed by atoms with Gasteiger partial charge in [-0.3, -0.25) is 9.69 Å². The molecule has 158 valence electrons. The zero-order chi connectivity index (χ0) is 21.5. The first kappa shape index (κ1) is 22.8. The third-order valence-electron chi connectivity index (χ3n) is 4.93. The molecule has 3 rings (SSSR count). The van der Waals surface area contributed by atoms with E-state index in [4.69, 9.17) is 16.6 Å². The van der Waals surface area contributed by atoms with Crippen LogP contribution in [0, 0.1) is 0 Å². The van der Waals surface area contributed by atoms with Crippen molar-refractivity contribution in [3.63, 3.8) is 0 Å². The number of thioether (sulfide) groups is 1. The Labute approximate surface area is 191 Å². The number of anilines is 1. The molecule has 30 heavy (non-hydrogen) atoms. The van der Waals surface area contributed by atoms with Crippen LogP contribution < -0.4 is 4.90 Å². The van der Waals surface area contributed by atoms with Gasteiger partial charge in [-0.25, -0.2) is 4.98 Å². The monoisotopic (exact) mass is 459 g/mol. The molecule has 0 radical (unpaired) electrons. The van der Waals surface area contributed by atoms with E-state index in [0.29, 0.717) is 11.6 Å². The molecule has 1 amide bonds. The normalized spacial score (nSPS) is 11.6. The van der Waals surface area contributed by atoms with Crippen LogP contribution in [0.15, 0.2) is 53.4 Å². The van der Waals surface area contributed by atoms with Gasteiger partial charge in [-0.15, -0.1) is 11.8 Å².